The number of aliphatic hydroxyl groups excluding tert-OH is 2. The van der Waals surface area contributed by atoms with Gasteiger partial charge in [-0.2, -0.15) is 0 Å². The molecule has 100 valence electrons. The minimum atomic E-state index is -1.18. The Morgan fingerprint density at radius 2 is 2.11 bits per heavy atom. The number of aryl methyl sites for hydroxylation is 1. The van der Waals surface area contributed by atoms with Crippen LogP contribution in [0.3, 0.4) is 0 Å². The van der Waals surface area contributed by atoms with Gasteiger partial charge in [0, 0.05) is 29.4 Å². The number of nitrogen functional groups attached to an aromatic ring is 1. The number of anilines is 1. The normalized spacial score (nSPS) is 14.2. The number of benzene rings is 1. The number of hydrogen-bond acceptors (Lipinski definition) is 6. The van der Waals surface area contributed by atoms with Gasteiger partial charge in [0.2, 0.25) is 0 Å². The SMILES string of the molecule is CNCC(O)C(O)c1cc(C)c([N+](=O)[O-])cc1N. The van der Waals surface area contributed by atoms with Crippen LogP contribution in [0, 0.1) is 17.0 Å². The fourth-order valence-electron chi connectivity index (χ4n) is 1.72. The summed E-state index contributed by atoms with van der Waals surface area (Å²) in [6.45, 7) is 1.74. The molecule has 2 atom stereocenters. The van der Waals surface area contributed by atoms with Gasteiger partial charge in [0.15, 0.2) is 0 Å². The van der Waals surface area contributed by atoms with Crippen molar-refractivity contribution in [3.8, 4) is 0 Å². The number of nitro benzene ring substituents is 1. The second kappa shape index (κ2) is 5.76. The average Bonchev–Trinajstić information content (AvgIpc) is 2.30. The lowest BCUT2D eigenvalue weighted by Crippen LogP contribution is -2.30. The van der Waals surface area contributed by atoms with E-state index >= 15 is 0 Å². The molecular formula is C11H17N3O4. The van der Waals surface area contributed by atoms with E-state index in [1.54, 1.807) is 14.0 Å². The molecular weight excluding hydrogens is 238 g/mol. The zero-order chi connectivity index (χ0) is 13.9. The van der Waals surface area contributed by atoms with Crippen LogP contribution >= 0.6 is 0 Å². The van der Waals surface area contributed by atoms with E-state index < -0.39 is 17.1 Å². The van der Waals surface area contributed by atoms with Crippen LogP contribution in [0.1, 0.15) is 17.2 Å². The zero-order valence-corrected chi connectivity index (χ0v) is 10.3. The summed E-state index contributed by atoms with van der Waals surface area (Å²) in [4.78, 5) is 10.2. The molecule has 1 rings (SSSR count). The molecule has 2 unspecified atom stereocenters. The zero-order valence-electron chi connectivity index (χ0n) is 10.3. The third-order valence-corrected chi connectivity index (χ3v) is 2.69. The van der Waals surface area contributed by atoms with Gasteiger partial charge in [-0.25, -0.2) is 0 Å². The first-order chi connectivity index (χ1) is 8.38. The standard InChI is InChI=1S/C11H17N3O4/c1-6-3-7(11(16)10(15)5-13-2)8(12)4-9(6)14(17)18/h3-4,10-11,13,15-16H,5,12H2,1-2H3. The van der Waals surface area contributed by atoms with E-state index in [1.807, 2.05) is 0 Å². The Morgan fingerprint density at radius 3 is 2.61 bits per heavy atom. The lowest BCUT2D eigenvalue weighted by molar-refractivity contribution is -0.385. The molecule has 0 amide bonds. The molecule has 0 aliphatic carbocycles. The van der Waals surface area contributed by atoms with Gasteiger partial charge in [-0.3, -0.25) is 10.1 Å². The molecule has 0 aromatic heterocycles. The van der Waals surface area contributed by atoms with Crippen molar-refractivity contribution in [2.75, 3.05) is 19.3 Å². The number of nitrogens with two attached hydrogens (primary N) is 1. The number of rotatable bonds is 5. The Labute approximate surface area is 104 Å². The number of aliphatic hydroxyl groups is 2. The van der Waals surface area contributed by atoms with Gasteiger partial charge in [-0.1, -0.05) is 0 Å². The van der Waals surface area contributed by atoms with Crippen LogP contribution in [0.4, 0.5) is 11.4 Å². The highest BCUT2D eigenvalue weighted by molar-refractivity contribution is 5.58. The van der Waals surface area contributed by atoms with Crippen LogP contribution < -0.4 is 11.1 Å². The van der Waals surface area contributed by atoms with Crippen LogP contribution in [0.15, 0.2) is 12.1 Å². The Kier molecular flexibility index (Phi) is 4.60. The molecule has 0 saturated heterocycles. The van der Waals surface area contributed by atoms with Gasteiger partial charge < -0.3 is 21.3 Å². The number of nitro groups is 1. The Morgan fingerprint density at radius 1 is 1.50 bits per heavy atom. The number of nitrogens with one attached hydrogen (secondary N) is 1. The second-order valence-electron chi connectivity index (χ2n) is 4.09. The van der Waals surface area contributed by atoms with Gasteiger partial charge in [0.25, 0.3) is 5.69 Å². The van der Waals surface area contributed by atoms with Crippen molar-refractivity contribution in [2.45, 2.75) is 19.1 Å². The first kappa shape index (κ1) is 14.4. The van der Waals surface area contributed by atoms with E-state index in [9.17, 15) is 20.3 Å². The van der Waals surface area contributed by atoms with Crippen molar-refractivity contribution in [3.05, 3.63) is 33.4 Å². The van der Waals surface area contributed by atoms with Gasteiger partial charge in [-0.15, -0.1) is 0 Å². The Hall–Kier alpha value is -1.70. The molecule has 7 nitrogen and oxygen atoms in total. The van der Waals surface area contributed by atoms with Gasteiger partial charge in [0.1, 0.15) is 6.10 Å². The van der Waals surface area contributed by atoms with Crippen molar-refractivity contribution in [3.63, 3.8) is 0 Å². The maximum Gasteiger partial charge on any atom is 0.274 e. The third kappa shape index (κ3) is 2.95. The molecule has 1 aromatic carbocycles. The van der Waals surface area contributed by atoms with E-state index in [4.69, 9.17) is 5.73 Å². The van der Waals surface area contributed by atoms with Crippen LogP contribution in [0.25, 0.3) is 0 Å². The van der Waals surface area contributed by atoms with Crippen LogP contribution in [0.2, 0.25) is 0 Å². The highest BCUT2D eigenvalue weighted by Crippen LogP contribution is 2.30. The first-order valence-corrected chi connectivity index (χ1v) is 5.43. The monoisotopic (exact) mass is 255 g/mol. The fraction of sp³-hybridized carbons (Fsp3) is 0.455. The van der Waals surface area contributed by atoms with Crippen LogP contribution in [-0.2, 0) is 0 Å². The van der Waals surface area contributed by atoms with Crippen molar-refractivity contribution in [1.29, 1.82) is 0 Å². The van der Waals surface area contributed by atoms with E-state index in [-0.39, 0.29) is 17.9 Å². The molecule has 0 aliphatic rings. The summed E-state index contributed by atoms with van der Waals surface area (Å²) in [6, 6.07) is 2.62. The third-order valence-electron chi connectivity index (χ3n) is 2.69. The molecule has 0 saturated carbocycles. The minimum Gasteiger partial charge on any atom is -0.398 e. The lowest BCUT2D eigenvalue weighted by atomic mass is 9.99. The Bertz CT molecular complexity index is 450. The summed E-state index contributed by atoms with van der Waals surface area (Å²) in [5, 5.41) is 33.0. The summed E-state index contributed by atoms with van der Waals surface area (Å²) in [5.74, 6) is 0. The quantitative estimate of drug-likeness (QED) is 0.336. The smallest absolute Gasteiger partial charge is 0.274 e. The largest absolute Gasteiger partial charge is 0.398 e. The van der Waals surface area contributed by atoms with Gasteiger partial charge in [0.05, 0.1) is 11.0 Å². The Balaban J connectivity index is 3.11. The summed E-state index contributed by atoms with van der Waals surface area (Å²) >= 11 is 0. The van der Waals surface area contributed by atoms with Crippen LogP contribution in [-0.4, -0.2) is 34.8 Å². The molecule has 0 bridgehead atoms. The number of likely N-dealkylation sites (N-methyl/N-ethyl adjacent to an activating group) is 1. The summed E-state index contributed by atoms with van der Waals surface area (Å²) in [7, 11) is 1.64. The summed E-state index contributed by atoms with van der Waals surface area (Å²) < 4.78 is 0. The molecule has 7 heteroatoms. The second-order valence-corrected chi connectivity index (χ2v) is 4.09. The van der Waals surface area contributed by atoms with Crippen molar-refractivity contribution in [1.82, 2.24) is 5.32 Å². The maximum absolute atomic E-state index is 10.7. The van der Waals surface area contributed by atoms with Crippen molar-refractivity contribution >= 4 is 11.4 Å². The predicted octanol–water partition coefficient (Wildman–Crippen LogP) is 0.0991. The van der Waals surface area contributed by atoms with Crippen LogP contribution in [0.5, 0.6) is 0 Å². The number of hydrogen-bond donors (Lipinski definition) is 4. The van der Waals surface area contributed by atoms with E-state index in [0.717, 1.165) is 0 Å². The molecule has 0 heterocycles. The maximum atomic E-state index is 10.7. The summed E-state index contributed by atoms with van der Waals surface area (Å²) in [5.41, 5.74) is 6.34. The highest BCUT2D eigenvalue weighted by atomic mass is 16.6. The molecule has 0 radical (unpaired) electrons. The molecule has 1 aromatic rings. The number of nitrogens with zero attached hydrogens (tertiary/aromatic N) is 1. The minimum absolute atomic E-state index is 0.0925. The molecule has 5 N–H and O–H groups in total. The van der Waals surface area contributed by atoms with Crippen molar-refractivity contribution < 1.29 is 15.1 Å². The molecule has 0 spiro atoms. The van der Waals surface area contributed by atoms with Gasteiger partial charge >= 0.3 is 0 Å². The summed E-state index contributed by atoms with van der Waals surface area (Å²) in [6.07, 6.45) is -2.21. The van der Waals surface area contributed by atoms with E-state index in [2.05, 4.69) is 5.32 Å². The first-order valence-electron chi connectivity index (χ1n) is 5.43. The topological polar surface area (TPSA) is 122 Å². The highest BCUT2D eigenvalue weighted by Gasteiger charge is 2.23. The van der Waals surface area contributed by atoms with Gasteiger partial charge in [-0.05, 0) is 20.0 Å². The fourth-order valence-corrected chi connectivity index (χ4v) is 1.72. The molecule has 18 heavy (non-hydrogen) atoms. The van der Waals surface area contributed by atoms with E-state index in [0.29, 0.717) is 11.1 Å². The van der Waals surface area contributed by atoms with E-state index in [1.165, 1.54) is 12.1 Å². The predicted molar refractivity (Wildman–Crippen MR) is 67.1 cm³/mol. The van der Waals surface area contributed by atoms with Crippen molar-refractivity contribution in [2.24, 2.45) is 0 Å². The molecule has 0 fully saturated rings. The lowest BCUT2D eigenvalue weighted by Gasteiger charge is -2.19. The molecule has 0 aliphatic heterocycles. The average molecular weight is 255 g/mol.